The third-order valence-corrected chi connectivity index (χ3v) is 3.87. The molecule has 2 atom stereocenters. The fraction of sp³-hybridized carbons (Fsp3) is 0.533. The molecule has 1 aliphatic heterocycles. The van der Waals surface area contributed by atoms with Gasteiger partial charge in [-0.05, 0) is 38.4 Å². The number of nitrogens with one attached hydrogen (secondary N) is 2. The van der Waals surface area contributed by atoms with Gasteiger partial charge >= 0.3 is 0 Å². The van der Waals surface area contributed by atoms with Crippen LogP contribution < -0.4 is 10.6 Å². The predicted molar refractivity (Wildman–Crippen MR) is 73.3 cm³/mol. The Kier molecular flexibility index (Phi) is 4.02. The predicted octanol–water partition coefficient (Wildman–Crippen LogP) is 2.03. The molecule has 0 bridgehead atoms. The lowest BCUT2D eigenvalue weighted by Gasteiger charge is -2.32. The van der Waals surface area contributed by atoms with Gasteiger partial charge in [-0.1, -0.05) is 36.8 Å². The topological polar surface area (TPSA) is 41.1 Å². The van der Waals surface area contributed by atoms with E-state index in [0.29, 0.717) is 5.92 Å². The van der Waals surface area contributed by atoms with Crippen molar-refractivity contribution in [1.29, 1.82) is 0 Å². The van der Waals surface area contributed by atoms with Crippen molar-refractivity contribution >= 4 is 5.91 Å². The van der Waals surface area contributed by atoms with Gasteiger partial charge in [0, 0.05) is 5.92 Å². The van der Waals surface area contributed by atoms with Crippen molar-refractivity contribution in [3.63, 3.8) is 0 Å². The van der Waals surface area contributed by atoms with Crippen LogP contribution in [0.5, 0.6) is 0 Å². The van der Waals surface area contributed by atoms with Gasteiger partial charge in [-0.25, -0.2) is 0 Å². The second-order valence-corrected chi connectivity index (χ2v) is 5.35. The third-order valence-electron chi connectivity index (χ3n) is 3.87. The Labute approximate surface area is 109 Å². The van der Waals surface area contributed by atoms with Crippen LogP contribution in [0.25, 0.3) is 0 Å². The maximum atomic E-state index is 12.1. The summed E-state index contributed by atoms with van der Waals surface area (Å²) in [6.07, 6.45) is 0. The van der Waals surface area contributed by atoms with Crippen molar-refractivity contribution < 1.29 is 4.79 Å². The number of benzene rings is 1. The summed E-state index contributed by atoms with van der Waals surface area (Å²) in [7, 11) is 0. The fourth-order valence-electron chi connectivity index (χ4n) is 2.16. The SMILES string of the molecule is Cc1ccc([C@H](C)NC(=O)C(C)C2CNC2)cc1. The summed E-state index contributed by atoms with van der Waals surface area (Å²) < 4.78 is 0. The molecule has 1 aromatic rings. The number of rotatable bonds is 4. The van der Waals surface area contributed by atoms with Crippen LogP contribution in [0.3, 0.4) is 0 Å². The first-order valence-electron chi connectivity index (χ1n) is 6.65. The van der Waals surface area contributed by atoms with Crippen LogP contribution in [0.4, 0.5) is 0 Å². The van der Waals surface area contributed by atoms with Gasteiger partial charge in [0.1, 0.15) is 0 Å². The molecule has 0 saturated carbocycles. The summed E-state index contributed by atoms with van der Waals surface area (Å²) in [4.78, 5) is 12.1. The van der Waals surface area contributed by atoms with Crippen LogP contribution in [-0.2, 0) is 4.79 Å². The molecule has 18 heavy (non-hydrogen) atoms. The summed E-state index contributed by atoms with van der Waals surface area (Å²) >= 11 is 0. The second kappa shape index (κ2) is 5.53. The molecule has 1 heterocycles. The molecule has 1 saturated heterocycles. The van der Waals surface area contributed by atoms with E-state index in [1.54, 1.807) is 0 Å². The second-order valence-electron chi connectivity index (χ2n) is 5.35. The van der Waals surface area contributed by atoms with Gasteiger partial charge < -0.3 is 10.6 Å². The summed E-state index contributed by atoms with van der Waals surface area (Å²) in [5, 5.41) is 6.31. The third kappa shape index (κ3) is 2.91. The van der Waals surface area contributed by atoms with Gasteiger partial charge in [0.15, 0.2) is 0 Å². The van der Waals surface area contributed by atoms with E-state index in [0.717, 1.165) is 18.7 Å². The molecule has 0 aromatic heterocycles. The Morgan fingerprint density at radius 2 is 1.89 bits per heavy atom. The minimum Gasteiger partial charge on any atom is -0.349 e. The lowest BCUT2D eigenvalue weighted by atomic mass is 9.88. The standard InChI is InChI=1S/C15H22N2O/c1-10-4-6-13(7-5-10)12(3)17-15(18)11(2)14-8-16-9-14/h4-7,11-12,14,16H,8-9H2,1-3H3,(H,17,18)/t11?,12-/m0/s1. The van der Waals surface area contributed by atoms with Crippen molar-refractivity contribution in [1.82, 2.24) is 10.6 Å². The van der Waals surface area contributed by atoms with E-state index in [-0.39, 0.29) is 17.9 Å². The first kappa shape index (κ1) is 13.1. The maximum Gasteiger partial charge on any atom is 0.223 e. The molecular formula is C15H22N2O. The van der Waals surface area contributed by atoms with Crippen LogP contribution in [0.2, 0.25) is 0 Å². The van der Waals surface area contributed by atoms with Gasteiger partial charge in [-0.15, -0.1) is 0 Å². The van der Waals surface area contributed by atoms with E-state index in [9.17, 15) is 4.79 Å². The lowest BCUT2D eigenvalue weighted by Crippen LogP contribution is -2.49. The average Bonchev–Trinajstić information content (AvgIpc) is 2.27. The van der Waals surface area contributed by atoms with E-state index < -0.39 is 0 Å². The molecule has 0 aliphatic carbocycles. The molecule has 1 fully saturated rings. The van der Waals surface area contributed by atoms with Crippen molar-refractivity contribution in [2.75, 3.05) is 13.1 Å². The monoisotopic (exact) mass is 246 g/mol. The van der Waals surface area contributed by atoms with Crippen molar-refractivity contribution in [3.05, 3.63) is 35.4 Å². The van der Waals surface area contributed by atoms with Crippen molar-refractivity contribution in [2.24, 2.45) is 11.8 Å². The Hall–Kier alpha value is -1.35. The first-order chi connectivity index (χ1) is 8.58. The highest BCUT2D eigenvalue weighted by atomic mass is 16.1. The Morgan fingerprint density at radius 3 is 2.39 bits per heavy atom. The highest BCUT2D eigenvalue weighted by Gasteiger charge is 2.29. The molecule has 1 unspecified atom stereocenters. The summed E-state index contributed by atoms with van der Waals surface area (Å²) in [6, 6.07) is 8.40. The zero-order valence-electron chi connectivity index (χ0n) is 11.4. The van der Waals surface area contributed by atoms with Gasteiger partial charge in [0.25, 0.3) is 0 Å². The number of carbonyl (C=O) groups is 1. The Balaban J connectivity index is 1.91. The smallest absolute Gasteiger partial charge is 0.223 e. The van der Waals surface area contributed by atoms with E-state index in [1.807, 2.05) is 13.8 Å². The molecule has 3 nitrogen and oxygen atoms in total. The zero-order valence-corrected chi connectivity index (χ0v) is 11.4. The largest absolute Gasteiger partial charge is 0.349 e. The minimum atomic E-state index is 0.0774. The van der Waals surface area contributed by atoms with Crippen LogP contribution in [0, 0.1) is 18.8 Å². The summed E-state index contributed by atoms with van der Waals surface area (Å²) in [5.74, 6) is 0.754. The molecule has 1 aliphatic rings. The fourth-order valence-corrected chi connectivity index (χ4v) is 2.16. The van der Waals surface area contributed by atoms with Crippen molar-refractivity contribution in [2.45, 2.75) is 26.8 Å². The molecule has 98 valence electrons. The van der Waals surface area contributed by atoms with E-state index in [4.69, 9.17) is 0 Å². The van der Waals surface area contributed by atoms with E-state index in [1.165, 1.54) is 5.56 Å². The Morgan fingerprint density at radius 1 is 1.28 bits per heavy atom. The van der Waals surface area contributed by atoms with Gasteiger partial charge in [0.2, 0.25) is 5.91 Å². The van der Waals surface area contributed by atoms with Gasteiger partial charge in [-0.2, -0.15) is 0 Å². The molecule has 1 aromatic carbocycles. The molecule has 3 heteroatoms. The molecule has 0 spiro atoms. The van der Waals surface area contributed by atoms with E-state index in [2.05, 4.69) is 41.8 Å². The highest BCUT2D eigenvalue weighted by molar-refractivity contribution is 5.79. The normalized spacial score (nSPS) is 18.8. The molecular weight excluding hydrogens is 224 g/mol. The zero-order chi connectivity index (χ0) is 13.1. The number of carbonyl (C=O) groups excluding carboxylic acids is 1. The maximum absolute atomic E-state index is 12.1. The molecule has 2 rings (SSSR count). The summed E-state index contributed by atoms with van der Waals surface area (Å²) in [6.45, 7) is 8.05. The number of hydrogen-bond donors (Lipinski definition) is 2. The van der Waals surface area contributed by atoms with Crippen LogP contribution >= 0.6 is 0 Å². The average molecular weight is 246 g/mol. The highest BCUT2D eigenvalue weighted by Crippen LogP contribution is 2.18. The van der Waals surface area contributed by atoms with Crippen LogP contribution in [0.1, 0.15) is 31.0 Å². The lowest BCUT2D eigenvalue weighted by molar-refractivity contribution is -0.127. The number of aryl methyl sites for hydroxylation is 1. The van der Waals surface area contributed by atoms with Crippen LogP contribution in [0.15, 0.2) is 24.3 Å². The number of amides is 1. The number of hydrogen-bond acceptors (Lipinski definition) is 2. The van der Waals surface area contributed by atoms with E-state index >= 15 is 0 Å². The first-order valence-corrected chi connectivity index (χ1v) is 6.65. The molecule has 0 radical (unpaired) electrons. The minimum absolute atomic E-state index is 0.0774. The van der Waals surface area contributed by atoms with Gasteiger partial charge in [0.05, 0.1) is 6.04 Å². The molecule has 2 N–H and O–H groups in total. The van der Waals surface area contributed by atoms with Crippen molar-refractivity contribution in [3.8, 4) is 0 Å². The van der Waals surface area contributed by atoms with Gasteiger partial charge in [-0.3, -0.25) is 4.79 Å². The quantitative estimate of drug-likeness (QED) is 0.853. The summed E-state index contributed by atoms with van der Waals surface area (Å²) in [5.41, 5.74) is 2.40. The molecule has 1 amide bonds. The van der Waals surface area contributed by atoms with Crippen LogP contribution in [-0.4, -0.2) is 19.0 Å². The Bertz CT molecular complexity index is 409.